The van der Waals surface area contributed by atoms with E-state index in [0.717, 1.165) is 50.0 Å². The second-order valence-electron chi connectivity index (χ2n) is 5.48. The number of hydrogen-bond donors (Lipinski definition) is 1. The molecule has 0 saturated heterocycles. The van der Waals surface area contributed by atoms with E-state index < -0.39 is 0 Å². The average Bonchev–Trinajstić information content (AvgIpc) is 2.46. The minimum absolute atomic E-state index is 0.651. The molecule has 1 N–H and O–H groups in total. The van der Waals surface area contributed by atoms with Crippen molar-refractivity contribution < 1.29 is 9.47 Å². The molecule has 120 valence electrons. The maximum atomic E-state index is 5.91. The molecule has 4 heteroatoms. The van der Waals surface area contributed by atoms with E-state index in [4.69, 9.17) is 9.47 Å². The molecule has 0 spiro atoms. The van der Waals surface area contributed by atoms with Crippen molar-refractivity contribution in [2.24, 2.45) is 5.92 Å². The van der Waals surface area contributed by atoms with Crippen LogP contribution in [-0.2, 0) is 6.54 Å². The summed E-state index contributed by atoms with van der Waals surface area (Å²) in [6.07, 6.45) is 3.11. The lowest BCUT2D eigenvalue weighted by atomic mass is 10.1. The summed E-state index contributed by atoms with van der Waals surface area (Å²) in [5.74, 6) is 3.48. The van der Waals surface area contributed by atoms with Crippen LogP contribution in [0.2, 0.25) is 0 Å². The highest BCUT2D eigenvalue weighted by Crippen LogP contribution is 2.25. The monoisotopic (exact) mass is 311 g/mol. The summed E-state index contributed by atoms with van der Waals surface area (Å²) in [7, 11) is 0. The predicted octanol–water partition coefficient (Wildman–Crippen LogP) is 3.96. The zero-order valence-electron chi connectivity index (χ0n) is 13.8. The Morgan fingerprint density at radius 2 is 2.00 bits per heavy atom. The summed E-state index contributed by atoms with van der Waals surface area (Å²) in [6.45, 7) is 9.86. The molecule has 1 aromatic rings. The number of hydrogen-bond acceptors (Lipinski definition) is 4. The first-order valence-corrected chi connectivity index (χ1v) is 9.15. The molecule has 21 heavy (non-hydrogen) atoms. The highest BCUT2D eigenvalue weighted by molar-refractivity contribution is 7.98. The molecule has 0 saturated carbocycles. The van der Waals surface area contributed by atoms with Gasteiger partial charge in [0.05, 0.1) is 13.2 Å². The van der Waals surface area contributed by atoms with Crippen molar-refractivity contribution >= 4 is 11.8 Å². The Kier molecular flexibility index (Phi) is 9.35. The minimum atomic E-state index is 0.651. The van der Waals surface area contributed by atoms with E-state index in [0.29, 0.717) is 5.92 Å². The molecule has 3 nitrogen and oxygen atoms in total. The standard InChI is InChI=1S/C17H29NO2S/c1-5-8-19-16-7-6-15(13-18-12-14(2)3)17(11-16)20-9-10-21-4/h6-7,11,14,18H,5,8-10,12-13H2,1-4H3. The normalized spacial score (nSPS) is 10.9. The van der Waals surface area contributed by atoms with Gasteiger partial charge in [-0.25, -0.2) is 0 Å². The zero-order valence-corrected chi connectivity index (χ0v) is 14.6. The average molecular weight is 311 g/mol. The van der Waals surface area contributed by atoms with Gasteiger partial charge in [0, 0.05) is 23.9 Å². The van der Waals surface area contributed by atoms with Crippen LogP contribution in [0.5, 0.6) is 11.5 Å². The van der Waals surface area contributed by atoms with E-state index in [-0.39, 0.29) is 0 Å². The lowest BCUT2D eigenvalue weighted by molar-refractivity contribution is 0.308. The van der Waals surface area contributed by atoms with E-state index in [1.165, 1.54) is 5.56 Å². The van der Waals surface area contributed by atoms with Gasteiger partial charge >= 0.3 is 0 Å². The van der Waals surface area contributed by atoms with E-state index in [1.807, 2.05) is 12.1 Å². The van der Waals surface area contributed by atoms with Gasteiger partial charge in [0.25, 0.3) is 0 Å². The Morgan fingerprint density at radius 1 is 1.19 bits per heavy atom. The van der Waals surface area contributed by atoms with Gasteiger partial charge in [-0.3, -0.25) is 0 Å². The van der Waals surface area contributed by atoms with Crippen LogP contribution in [-0.4, -0.2) is 31.8 Å². The number of ether oxygens (including phenoxy) is 2. The molecule has 1 aromatic carbocycles. The fourth-order valence-corrected chi connectivity index (χ4v) is 2.11. The summed E-state index contributed by atoms with van der Waals surface area (Å²) in [5.41, 5.74) is 1.20. The topological polar surface area (TPSA) is 30.5 Å². The van der Waals surface area contributed by atoms with Crippen molar-refractivity contribution in [3.8, 4) is 11.5 Å². The fraction of sp³-hybridized carbons (Fsp3) is 0.647. The fourth-order valence-electron chi connectivity index (χ4n) is 1.86. The number of nitrogens with one attached hydrogen (secondary N) is 1. The van der Waals surface area contributed by atoms with Crippen LogP contribution in [0.15, 0.2) is 18.2 Å². The van der Waals surface area contributed by atoms with Crippen LogP contribution in [0.3, 0.4) is 0 Å². The molecule has 0 aromatic heterocycles. The van der Waals surface area contributed by atoms with Crippen LogP contribution in [0.25, 0.3) is 0 Å². The lowest BCUT2D eigenvalue weighted by Crippen LogP contribution is -2.19. The minimum Gasteiger partial charge on any atom is -0.493 e. The molecule has 0 aliphatic rings. The smallest absolute Gasteiger partial charge is 0.127 e. The predicted molar refractivity (Wildman–Crippen MR) is 92.6 cm³/mol. The lowest BCUT2D eigenvalue weighted by Gasteiger charge is -2.15. The second-order valence-corrected chi connectivity index (χ2v) is 6.47. The molecular formula is C17H29NO2S. The zero-order chi connectivity index (χ0) is 15.5. The largest absolute Gasteiger partial charge is 0.493 e. The molecule has 0 bridgehead atoms. The van der Waals surface area contributed by atoms with Crippen molar-refractivity contribution in [1.29, 1.82) is 0 Å². The molecule has 0 heterocycles. The van der Waals surface area contributed by atoms with Gasteiger partial charge in [-0.05, 0) is 31.2 Å². The van der Waals surface area contributed by atoms with Gasteiger partial charge in [0.1, 0.15) is 11.5 Å². The van der Waals surface area contributed by atoms with Crippen molar-refractivity contribution in [3.63, 3.8) is 0 Å². The van der Waals surface area contributed by atoms with Crippen LogP contribution < -0.4 is 14.8 Å². The molecule has 0 aliphatic carbocycles. The Labute approximate surface area is 133 Å². The summed E-state index contributed by atoms with van der Waals surface area (Å²) in [4.78, 5) is 0. The molecule has 0 amide bonds. The molecule has 0 atom stereocenters. The maximum Gasteiger partial charge on any atom is 0.127 e. The molecule has 1 rings (SSSR count). The molecule has 0 aliphatic heterocycles. The third-order valence-corrected chi connectivity index (χ3v) is 3.50. The van der Waals surface area contributed by atoms with E-state index in [9.17, 15) is 0 Å². The van der Waals surface area contributed by atoms with Gasteiger partial charge in [0.2, 0.25) is 0 Å². The summed E-state index contributed by atoms with van der Waals surface area (Å²) < 4.78 is 11.6. The molecule has 0 radical (unpaired) electrons. The van der Waals surface area contributed by atoms with Crippen LogP contribution in [0.1, 0.15) is 32.8 Å². The van der Waals surface area contributed by atoms with Gasteiger partial charge in [-0.1, -0.05) is 26.8 Å². The maximum absolute atomic E-state index is 5.91. The van der Waals surface area contributed by atoms with Crippen LogP contribution in [0.4, 0.5) is 0 Å². The SMILES string of the molecule is CCCOc1ccc(CNCC(C)C)c(OCCSC)c1. The van der Waals surface area contributed by atoms with E-state index in [2.05, 4.69) is 38.4 Å². The number of benzene rings is 1. The van der Waals surface area contributed by atoms with E-state index in [1.54, 1.807) is 11.8 Å². The van der Waals surface area contributed by atoms with Crippen molar-refractivity contribution in [1.82, 2.24) is 5.32 Å². The highest BCUT2D eigenvalue weighted by Gasteiger charge is 2.07. The second kappa shape index (κ2) is 10.8. The number of thioether (sulfide) groups is 1. The molecule has 0 unspecified atom stereocenters. The Balaban J connectivity index is 2.68. The first-order valence-electron chi connectivity index (χ1n) is 7.75. The first-order chi connectivity index (χ1) is 10.2. The number of rotatable bonds is 11. The summed E-state index contributed by atoms with van der Waals surface area (Å²) in [5, 5.41) is 3.47. The van der Waals surface area contributed by atoms with Crippen molar-refractivity contribution in [3.05, 3.63) is 23.8 Å². The quantitative estimate of drug-likeness (QED) is 0.627. The summed E-state index contributed by atoms with van der Waals surface area (Å²) in [6, 6.07) is 6.15. The Bertz CT molecular complexity index is 396. The highest BCUT2D eigenvalue weighted by atomic mass is 32.2. The Hall–Kier alpha value is -0.870. The van der Waals surface area contributed by atoms with Gasteiger partial charge in [0.15, 0.2) is 0 Å². The van der Waals surface area contributed by atoms with Crippen LogP contribution >= 0.6 is 11.8 Å². The molecule has 0 fully saturated rings. The van der Waals surface area contributed by atoms with Crippen LogP contribution in [0, 0.1) is 5.92 Å². The van der Waals surface area contributed by atoms with Gasteiger partial charge < -0.3 is 14.8 Å². The summed E-state index contributed by atoms with van der Waals surface area (Å²) >= 11 is 1.79. The van der Waals surface area contributed by atoms with Gasteiger partial charge in [-0.2, -0.15) is 11.8 Å². The van der Waals surface area contributed by atoms with Crippen molar-refractivity contribution in [2.75, 3.05) is 31.8 Å². The Morgan fingerprint density at radius 3 is 2.67 bits per heavy atom. The van der Waals surface area contributed by atoms with Crippen molar-refractivity contribution in [2.45, 2.75) is 33.7 Å². The third kappa shape index (κ3) is 7.63. The van der Waals surface area contributed by atoms with E-state index >= 15 is 0 Å². The molecular weight excluding hydrogens is 282 g/mol. The first kappa shape index (κ1) is 18.2. The third-order valence-electron chi connectivity index (χ3n) is 2.92. The van der Waals surface area contributed by atoms with Gasteiger partial charge in [-0.15, -0.1) is 0 Å².